The number of guanidine groups is 1. The van der Waals surface area contributed by atoms with Gasteiger partial charge in [-0.15, -0.1) is 5.41 Å². The van der Waals surface area contributed by atoms with Crippen molar-refractivity contribution in [2.75, 3.05) is 6.54 Å². The van der Waals surface area contributed by atoms with Crippen molar-refractivity contribution in [2.24, 2.45) is 11.7 Å². The van der Waals surface area contributed by atoms with Crippen LogP contribution in [0.3, 0.4) is 0 Å². The number of rotatable bonds is 2. The van der Waals surface area contributed by atoms with E-state index in [1.54, 1.807) is 0 Å². The van der Waals surface area contributed by atoms with Crippen molar-refractivity contribution in [1.29, 1.82) is 0 Å². The van der Waals surface area contributed by atoms with Crippen LogP contribution in [0.4, 0.5) is 0 Å². The molecule has 1 saturated carbocycles. The second-order valence-electron chi connectivity index (χ2n) is 3.27. The summed E-state index contributed by atoms with van der Waals surface area (Å²) in [7, 11) is 0. The van der Waals surface area contributed by atoms with Crippen molar-refractivity contribution in [2.45, 2.75) is 32.1 Å². The second kappa shape index (κ2) is 4.21. The zero-order chi connectivity index (χ0) is 8.10. The minimum absolute atomic E-state index is 0.143. The summed E-state index contributed by atoms with van der Waals surface area (Å²) in [5, 5.41) is 11.4. The molecule has 11 heavy (non-hydrogen) atoms. The molecule has 0 aromatic rings. The lowest BCUT2D eigenvalue weighted by molar-refractivity contribution is 0.356. The first kappa shape index (κ1) is 8.37. The first-order valence-electron chi connectivity index (χ1n) is 4.34. The van der Waals surface area contributed by atoms with Gasteiger partial charge in [-0.2, -0.15) is 0 Å². The molecule has 63 valence electrons. The highest BCUT2D eigenvalue weighted by Gasteiger charge is 2.12. The Morgan fingerprint density at radius 2 is 2.00 bits per heavy atom. The molecule has 0 spiro atoms. The molecule has 3 N–H and O–H groups in total. The molecule has 0 heterocycles. The molecule has 1 aliphatic rings. The largest absolute Gasteiger partial charge is 0.368 e. The highest BCUT2D eigenvalue weighted by atomic mass is 15.0. The Balaban J connectivity index is 2.09. The molecular formula is C8H16N3. The van der Waals surface area contributed by atoms with E-state index in [0.717, 1.165) is 12.5 Å². The molecule has 0 unspecified atom stereocenters. The number of nitrogens with zero attached hydrogens (tertiary/aromatic N) is 1. The van der Waals surface area contributed by atoms with E-state index < -0.39 is 0 Å². The molecule has 3 heteroatoms. The molecule has 0 saturated heterocycles. The Labute approximate surface area is 67.9 Å². The predicted molar refractivity (Wildman–Crippen MR) is 45.9 cm³/mol. The van der Waals surface area contributed by atoms with Crippen LogP contribution in [-0.2, 0) is 0 Å². The highest BCUT2D eigenvalue weighted by Crippen LogP contribution is 2.22. The van der Waals surface area contributed by atoms with Gasteiger partial charge < -0.3 is 11.1 Å². The smallest absolute Gasteiger partial charge is 0.213 e. The average Bonchev–Trinajstić information content (AvgIpc) is 2.03. The highest BCUT2D eigenvalue weighted by molar-refractivity contribution is 5.75. The molecule has 0 aromatic carbocycles. The Hall–Kier alpha value is -0.730. The normalized spacial score (nSPS) is 19.6. The summed E-state index contributed by atoms with van der Waals surface area (Å²) in [6, 6.07) is 0. The van der Waals surface area contributed by atoms with Crippen LogP contribution in [0.2, 0.25) is 0 Å². The lowest BCUT2D eigenvalue weighted by atomic mass is 9.89. The third kappa shape index (κ3) is 3.25. The second-order valence-corrected chi connectivity index (χ2v) is 3.27. The quantitative estimate of drug-likeness (QED) is 0.443. The number of hydrogen-bond acceptors (Lipinski definition) is 0. The van der Waals surface area contributed by atoms with Gasteiger partial charge in [-0.1, -0.05) is 19.3 Å². The average molecular weight is 154 g/mol. The summed E-state index contributed by atoms with van der Waals surface area (Å²) in [4.78, 5) is 0. The van der Waals surface area contributed by atoms with Gasteiger partial charge in [-0.25, -0.2) is 0 Å². The molecule has 0 aromatic heterocycles. The summed E-state index contributed by atoms with van der Waals surface area (Å²) >= 11 is 0. The summed E-state index contributed by atoms with van der Waals surface area (Å²) in [6.07, 6.45) is 6.59. The van der Waals surface area contributed by atoms with Crippen LogP contribution in [0.5, 0.6) is 0 Å². The maximum absolute atomic E-state index is 8.67. The Bertz CT molecular complexity index is 127. The van der Waals surface area contributed by atoms with Crippen molar-refractivity contribution in [3.05, 3.63) is 0 Å². The van der Waals surface area contributed by atoms with E-state index in [2.05, 4.69) is 5.32 Å². The van der Waals surface area contributed by atoms with E-state index >= 15 is 0 Å². The molecule has 1 rings (SSSR count). The van der Waals surface area contributed by atoms with E-state index in [1.807, 2.05) is 0 Å². The number of nitrogens with two attached hydrogens (primary N) is 1. The maximum atomic E-state index is 8.67. The molecule has 1 radical (unpaired) electrons. The predicted octanol–water partition coefficient (Wildman–Crippen LogP) is 0.271. The fourth-order valence-corrected chi connectivity index (χ4v) is 1.64. The molecule has 1 aliphatic carbocycles. The van der Waals surface area contributed by atoms with Crippen LogP contribution in [0.15, 0.2) is 0 Å². The summed E-state index contributed by atoms with van der Waals surface area (Å²) in [5.41, 5.74) is 5.07. The Kier molecular flexibility index (Phi) is 3.20. The monoisotopic (exact) mass is 154 g/mol. The number of nitrogens with one attached hydrogen (secondary N) is 1. The molecular weight excluding hydrogens is 138 g/mol. The lowest BCUT2D eigenvalue weighted by Gasteiger charge is -2.21. The summed E-state index contributed by atoms with van der Waals surface area (Å²) < 4.78 is 0. The topological polar surface area (TPSA) is 60.4 Å². The molecule has 0 bridgehead atoms. The van der Waals surface area contributed by atoms with E-state index in [4.69, 9.17) is 11.1 Å². The zero-order valence-corrected chi connectivity index (χ0v) is 6.84. The summed E-state index contributed by atoms with van der Waals surface area (Å²) in [5.74, 6) is 0.574. The van der Waals surface area contributed by atoms with Crippen molar-refractivity contribution >= 4 is 5.96 Å². The van der Waals surface area contributed by atoms with Crippen LogP contribution in [0.25, 0.3) is 0 Å². The molecule has 0 amide bonds. The SMILES string of the molecule is [N]=C(N)NCC1CCCCC1. The summed E-state index contributed by atoms with van der Waals surface area (Å²) in [6.45, 7) is 0.836. The van der Waals surface area contributed by atoms with Gasteiger partial charge in [0.2, 0.25) is 5.96 Å². The van der Waals surface area contributed by atoms with Crippen molar-refractivity contribution in [1.82, 2.24) is 10.7 Å². The van der Waals surface area contributed by atoms with Crippen LogP contribution < -0.4 is 16.5 Å². The molecule has 3 nitrogen and oxygen atoms in total. The van der Waals surface area contributed by atoms with Crippen LogP contribution >= 0.6 is 0 Å². The van der Waals surface area contributed by atoms with Crippen LogP contribution in [0, 0.1) is 5.92 Å². The van der Waals surface area contributed by atoms with Crippen molar-refractivity contribution in [3.8, 4) is 0 Å². The van der Waals surface area contributed by atoms with Crippen molar-refractivity contribution < 1.29 is 0 Å². The first-order chi connectivity index (χ1) is 5.29. The molecule has 0 atom stereocenters. The van der Waals surface area contributed by atoms with Gasteiger partial charge >= 0.3 is 0 Å². The van der Waals surface area contributed by atoms with E-state index in [9.17, 15) is 0 Å². The fourth-order valence-electron chi connectivity index (χ4n) is 1.64. The van der Waals surface area contributed by atoms with Gasteiger partial charge in [0.1, 0.15) is 0 Å². The van der Waals surface area contributed by atoms with E-state index in [0.29, 0.717) is 0 Å². The minimum Gasteiger partial charge on any atom is -0.368 e. The lowest BCUT2D eigenvalue weighted by Crippen LogP contribution is -2.36. The van der Waals surface area contributed by atoms with Crippen LogP contribution in [-0.4, -0.2) is 12.5 Å². The Morgan fingerprint density at radius 3 is 2.55 bits per heavy atom. The van der Waals surface area contributed by atoms with Gasteiger partial charge in [0.15, 0.2) is 0 Å². The molecule has 0 aliphatic heterocycles. The molecule has 1 fully saturated rings. The first-order valence-corrected chi connectivity index (χ1v) is 4.34. The fraction of sp³-hybridized carbons (Fsp3) is 0.875. The van der Waals surface area contributed by atoms with Crippen LogP contribution in [0.1, 0.15) is 32.1 Å². The van der Waals surface area contributed by atoms with Crippen molar-refractivity contribution in [3.63, 3.8) is 0 Å². The van der Waals surface area contributed by atoms with Gasteiger partial charge in [-0.3, -0.25) is 0 Å². The van der Waals surface area contributed by atoms with Gasteiger partial charge in [-0.05, 0) is 18.8 Å². The number of hydrogen-bond donors (Lipinski definition) is 2. The maximum Gasteiger partial charge on any atom is 0.213 e. The third-order valence-corrected chi connectivity index (χ3v) is 2.30. The zero-order valence-electron chi connectivity index (χ0n) is 6.84. The van der Waals surface area contributed by atoms with E-state index in [-0.39, 0.29) is 5.96 Å². The standard InChI is InChI=1S/C8H16N3/c9-8(10)11-6-7-4-2-1-3-5-7/h7,11H,1-6,9H2. The van der Waals surface area contributed by atoms with Gasteiger partial charge in [0.05, 0.1) is 0 Å². The minimum atomic E-state index is -0.143. The third-order valence-electron chi connectivity index (χ3n) is 2.30. The Morgan fingerprint density at radius 1 is 1.36 bits per heavy atom. The van der Waals surface area contributed by atoms with Gasteiger partial charge in [0, 0.05) is 6.54 Å². The van der Waals surface area contributed by atoms with Gasteiger partial charge in [0.25, 0.3) is 0 Å². The van der Waals surface area contributed by atoms with E-state index in [1.165, 1.54) is 32.1 Å².